The normalized spacial score (nSPS) is 35.2. The zero-order chi connectivity index (χ0) is 14.0. The Morgan fingerprint density at radius 3 is 2.84 bits per heavy atom. The molecule has 2 aliphatic heterocycles. The number of rotatable bonds is 2. The van der Waals surface area contributed by atoms with E-state index < -0.39 is 17.4 Å². The molecule has 0 aromatic rings. The Balaban J connectivity index is 1.96. The van der Waals surface area contributed by atoms with Crippen LogP contribution in [0.5, 0.6) is 0 Å². The van der Waals surface area contributed by atoms with Crippen LogP contribution in [0.25, 0.3) is 0 Å². The molecule has 108 valence electrons. The van der Waals surface area contributed by atoms with Crippen LogP contribution in [0.2, 0.25) is 0 Å². The predicted molar refractivity (Wildman–Crippen MR) is 65.9 cm³/mol. The number of amides is 2. The van der Waals surface area contributed by atoms with Crippen LogP contribution >= 0.6 is 0 Å². The summed E-state index contributed by atoms with van der Waals surface area (Å²) in [5.41, 5.74) is -1.06. The first-order valence-electron chi connectivity index (χ1n) is 6.41. The second kappa shape index (κ2) is 5.34. The second-order valence-electron chi connectivity index (χ2n) is 5.37. The smallest absolute Gasteiger partial charge is 0.317 e. The largest absolute Gasteiger partial charge is 0.481 e. The quantitative estimate of drug-likeness (QED) is 0.733. The molecule has 3 atom stereocenters. The van der Waals surface area contributed by atoms with Crippen LogP contribution in [-0.2, 0) is 14.3 Å². The molecule has 2 amide bonds. The molecular weight excluding hydrogens is 252 g/mol. The van der Waals surface area contributed by atoms with Crippen molar-refractivity contribution in [2.75, 3.05) is 32.9 Å². The molecule has 0 aromatic carbocycles. The van der Waals surface area contributed by atoms with Crippen LogP contribution in [-0.4, -0.2) is 67.1 Å². The average molecular weight is 272 g/mol. The number of nitrogens with one attached hydrogen (secondary N) is 1. The van der Waals surface area contributed by atoms with Gasteiger partial charge in [0.2, 0.25) is 0 Å². The number of nitrogens with zero attached hydrogens (tertiary/aromatic N) is 1. The minimum atomic E-state index is -1.06. The van der Waals surface area contributed by atoms with Gasteiger partial charge in [-0.1, -0.05) is 0 Å². The highest BCUT2D eigenvalue weighted by Gasteiger charge is 2.47. The van der Waals surface area contributed by atoms with Crippen LogP contribution in [0.4, 0.5) is 4.79 Å². The molecule has 2 heterocycles. The molecule has 3 unspecified atom stereocenters. The summed E-state index contributed by atoms with van der Waals surface area (Å²) in [5.74, 6) is -0.953. The number of aliphatic carboxylic acids is 1. The zero-order valence-corrected chi connectivity index (χ0v) is 11.2. The van der Waals surface area contributed by atoms with Crippen molar-refractivity contribution < 1.29 is 24.2 Å². The van der Waals surface area contributed by atoms with Gasteiger partial charge < -0.3 is 24.8 Å². The fourth-order valence-electron chi connectivity index (χ4n) is 2.33. The van der Waals surface area contributed by atoms with Crippen LogP contribution in [0, 0.1) is 5.41 Å². The van der Waals surface area contributed by atoms with E-state index in [1.165, 1.54) is 0 Å². The lowest BCUT2D eigenvalue weighted by Crippen LogP contribution is -2.56. The molecule has 2 saturated heterocycles. The highest BCUT2D eigenvalue weighted by Crippen LogP contribution is 2.28. The van der Waals surface area contributed by atoms with Crippen LogP contribution in [0.15, 0.2) is 0 Å². The van der Waals surface area contributed by atoms with E-state index in [0.29, 0.717) is 19.7 Å². The molecule has 7 heteroatoms. The van der Waals surface area contributed by atoms with Gasteiger partial charge in [0.05, 0.1) is 32.0 Å². The number of urea groups is 1. The number of hydrogen-bond acceptors (Lipinski definition) is 4. The molecule has 2 rings (SSSR count). The standard InChI is InChI=1S/C12H20N2O5/c1-8-5-14(3-4-19-8)11(17)13-9-6-18-7-12(9,2)10(15)16/h8-9H,3-7H2,1-2H3,(H,13,17)(H,15,16). The van der Waals surface area contributed by atoms with Gasteiger partial charge in [-0.25, -0.2) is 4.79 Å². The van der Waals surface area contributed by atoms with Crippen LogP contribution in [0.3, 0.4) is 0 Å². The van der Waals surface area contributed by atoms with Gasteiger partial charge in [-0.05, 0) is 13.8 Å². The minimum Gasteiger partial charge on any atom is -0.481 e. The van der Waals surface area contributed by atoms with E-state index in [-0.39, 0.29) is 25.3 Å². The van der Waals surface area contributed by atoms with Gasteiger partial charge in [0.15, 0.2) is 0 Å². The number of carboxylic acids is 1. The van der Waals surface area contributed by atoms with Crippen molar-refractivity contribution in [2.24, 2.45) is 5.41 Å². The molecule has 0 aromatic heterocycles. The van der Waals surface area contributed by atoms with Crippen molar-refractivity contribution in [3.05, 3.63) is 0 Å². The molecule has 2 aliphatic rings. The van der Waals surface area contributed by atoms with E-state index in [2.05, 4.69) is 5.32 Å². The average Bonchev–Trinajstić information content (AvgIpc) is 2.72. The first-order valence-corrected chi connectivity index (χ1v) is 6.41. The SMILES string of the molecule is CC1CN(C(=O)NC2COCC2(C)C(=O)O)CCO1. The number of carbonyl (C=O) groups is 2. The Morgan fingerprint density at radius 2 is 2.21 bits per heavy atom. The third kappa shape index (κ3) is 2.82. The third-order valence-corrected chi connectivity index (χ3v) is 3.77. The summed E-state index contributed by atoms with van der Waals surface area (Å²) in [6.45, 7) is 5.39. The Kier molecular flexibility index (Phi) is 3.96. The van der Waals surface area contributed by atoms with Crippen molar-refractivity contribution >= 4 is 12.0 Å². The number of carboxylic acid groups (broad SMARTS) is 1. The Hall–Kier alpha value is -1.34. The molecule has 7 nitrogen and oxygen atoms in total. The molecule has 0 saturated carbocycles. The van der Waals surface area contributed by atoms with Crippen LogP contribution < -0.4 is 5.32 Å². The maximum atomic E-state index is 12.1. The molecular formula is C12H20N2O5. The summed E-state index contributed by atoms with van der Waals surface area (Å²) in [6, 6.07) is -0.756. The van der Waals surface area contributed by atoms with E-state index in [4.69, 9.17) is 9.47 Å². The molecule has 0 bridgehead atoms. The monoisotopic (exact) mass is 272 g/mol. The summed E-state index contributed by atoms with van der Waals surface area (Å²) in [7, 11) is 0. The molecule has 2 fully saturated rings. The Morgan fingerprint density at radius 1 is 1.47 bits per heavy atom. The molecule has 19 heavy (non-hydrogen) atoms. The highest BCUT2D eigenvalue weighted by molar-refractivity contribution is 5.79. The maximum Gasteiger partial charge on any atom is 0.317 e. The summed E-state index contributed by atoms with van der Waals surface area (Å²) < 4.78 is 10.6. The predicted octanol–water partition coefficient (Wildman–Crippen LogP) is -0.0936. The van der Waals surface area contributed by atoms with Crippen molar-refractivity contribution in [2.45, 2.75) is 26.0 Å². The fraction of sp³-hybridized carbons (Fsp3) is 0.833. The van der Waals surface area contributed by atoms with Crippen molar-refractivity contribution in [3.8, 4) is 0 Å². The summed E-state index contributed by atoms with van der Waals surface area (Å²) in [4.78, 5) is 25.0. The first kappa shape index (κ1) is 14.1. The van der Waals surface area contributed by atoms with Gasteiger partial charge in [0.25, 0.3) is 0 Å². The number of morpholine rings is 1. The lowest BCUT2D eigenvalue weighted by molar-refractivity contribution is -0.148. The first-order chi connectivity index (χ1) is 8.93. The molecule has 0 spiro atoms. The minimum absolute atomic E-state index is 0.00480. The van der Waals surface area contributed by atoms with Gasteiger partial charge in [-0.2, -0.15) is 0 Å². The number of hydrogen-bond donors (Lipinski definition) is 2. The van der Waals surface area contributed by atoms with E-state index in [1.54, 1.807) is 11.8 Å². The van der Waals surface area contributed by atoms with E-state index in [9.17, 15) is 14.7 Å². The highest BCUT2D eigenvalue weighted by atomic mass is 16.5. The van der Waals surface area contributed by atoms with E-state index >= 15 is 0 Å². The van der Waals surface area contributed by atoms with Gasteiger partial charge in [-0.3, -0.25) is 4.79 Å². The summed E-state index contributed by atoms with van der Waals surface area (Å²) in [6.07, 6.45) is 0.00480. The lowest BCUT2D eigenvalue weighted by Gasteiger charge is -2.33. The van der Waals surface area contributed by atoms with Crippen molar-refractivity contribution in [3.63, 3.8) is 0 Å². The summed E-state index contributed by atoms with van der Waals surface area (Å²) in [5, 5.41) is 12.0. The van der Waals surface area contributed by atoms with Gasteiger partial charge in [-0.15, -0.1) is 0 Å². The molecule has 0 aliphatic carbocycles. The van der Waals surface area contributed by atoms with Crippen molar-refractivity contribution in [1.29, 1.82) is 0 Å². The molecule has 0 radical (unpaired) electrons. The zero-order valence-electron chi connectivity index (χ0n) is 11.2. The fourth-order valence-corrected chi connectivity index (χ4v) is 2.33. The van der Waals surface area contributed by atoms with Gasteiger partial charge in [0, 0.05) is 13.1 Å². The Labute approximate surface area is 111 Å². The van der Waals surface area contributed by atoms with Crippen molar-refractivity contribution in [1.82, 2.24) is 10.2 Å². The summed E-state index contributed by atoms with van der Waals surface area (Å²) >= 11 is 0. The topological polar surface area (TPSA) is 88.1 Å². The molecule has 2 N–H and O–H groups in total. The number of carbonyl (C=O) groups excluding carboxylic acids is 1. The van der Waals surface area contributed by atoms with E-state index in [1.807, 2.05) is 6.92 Å². The van der Waals surface area contributed by atoms with Gasteiger partial charge >= 0.3 is 12.0 Å². The Bertz CT molecular complexity index is 375. The third-order valence-electron chi connectivity index (χ3n) is 3.77. The maximum absolute atomic E-state index is 12.1. The second-order valence-corrected chi connectivity index (χ2v) is 5.37. The lowest BCUT2D eigenvalue weighted by atomic mass is 9.85. The van der Waals surface area contributed by atoms with Gasteiger partial charge in [0.1, 0.15) is 5.41 Å². The van der Waals surface area contributed by atoms with E-state index in [0.717, 1.165) is 0 Å². The number of ether oxygens (including phenoxy) is 2. The van der Waals surface area contributed by atoms with Crippen LogP contribution in [0.1, 0.15) is 13.8 Å².